The molecule has 0 aromatic rings. The smallest absolute Gasteiger partial charge is 0.191 e. The number of guanidine groups is 1. The maximum absolute atomic E-state index is 5.91. The van der Waals surface area contributed by atoms with Gasteiger partial charge >= 0.3 is 0 Å². The van der Waals surface area contributed by atoms with E-state index in [1.807, 2.05) is 0 Å². The zero-order valence-corrected chi connectivity index (χ0v) is 9.29. The lowest BCUT2D eigenvalue weighted by atomic mass is 9.76. The molecule has 1 aliphatic carbocycles. The van der Waals surface area contributed by atoms with Crippen molar-refractivity contribution in [1.29, 1.82) is 0 Å². The highest BCUT2D eigenvalue weighted by Gasteiger charge is 2.43. The summed E-state index contributed by atoms with van der Waals surface area (Å²) in [6.07, 6.45) is 5.21. The Morgan fingerprint density at radius 3 is 2.71 bits per heavy atom. The third kappa shape index (κ3) is 1.39. The molecule has 1 saturated carbocycles. The van der Waals surface area contributed by atoms with Gasteiger partial charge in [0.1, 0.15) is 0 Å². The minimum absolute atomic E-state index is 0.297. The van der Waals surface area contributed by atoms with Crippen LogP contribution < -0.4 is 5.73 Å². The van der Waals surface area contributed by atoms with Gasteiger partial charge in [-0.1, -0.05) is 6.92 Å². The van der Waals surface area contributed by atoms with Crippen molar-refractivity contribution in [3.63, 3.8) is 0 Å². The summed E-state index contributed by atoms with van der Waals surface area (Å²) in [5, 5.41) is 0. The Bertz CT molecular complexity index is 239. The van der Waals surface area contributed by atoms with E-state index in [1.165, 1.54) is 25.7 Å². The monoisotopic (exact) mass is 195 g/mol. The number of hydrogen-bond acceptors (Lipinski definition) is 3. The van der Waals surface area contributed by atoms with Gasteiger partial charge in [0, 0.05) is 6.54 Å². The van der Waals surface area contributed by atoms with Gasteiger partial charge in [0.15, 0.2) is 5.96 Å². The van der Waals surface area contributed by atoms with Crippen LogP contribution in [-0.4, -0.2) is 29.5 Å². The second-order valence-corrected chi connectivity index (χ2v) is 4.83. The highest BCUT2D eigenvalue weighted by atomic mass is 15.4. The van der Waals surface area contributed by atoms with Crippen LogP contribution in [0.1, 0.15) is 39.5 Å². The maximum atomic E-state index is 5.91. The largest absolute Gasteiger partial charge is 0.370 e. The quantitative estimate of drug-likeness (QED) is 0.690. The zero-order valence-electron chi connectivity index (χ0n) is 9.29. The van der Waals surface area contributed by atoms with Gasteiger partial charge in [-0.3, -0.25) is 4.99 Å². The SMILES string of the molecule is CCN1C(N)=NCC12CCC(C)CC2. The molecule has 2 N–H and O–H groups in total. The molecule has 1 fully saturated rings. The molecule has 1 aliphatic heterocycles. The van der Waals surface area contributed by atoms with Gasteiger partial charge in [0.2, 0.25) is 0 Å². The van der Waals surface area contributed by atoms with E-state index in [9.17, 15) is 0 Å². The van der Waals surface area contributed by atoms with E-state index in [-0.39, 0.29) is 0 Å². The van der Waals surface area contributed by atoms with Crippen molar-refractivity contribution in [1.82, 2.24) is 4.90 Å². The maximum Gasteiger partial charge on any atom is 0.191 e. The molecular formula is C11H21N3. The fourth-order valence-corrected chi connectivity index (χ4v) is 2.87. The van der Waals surface area contributed by atoms with Crippen LogP contribution >= 0.6 is 0 Å². The van der Waals surface area contributed by atoms with Crippen molar-refractivity contribution in [2.45, 2.75) is 45.1 Å². The Hall–Kier alpha value is -0.730. The van der Waals surface area contributed by atoms with Gasteiger partial charge in [-0.05, 0) is 38.5 Å². The lowest BCUT2D eigenvalue weighted by molar-refractivity contribution is 0.125. The van der Waals surface area contributed by atoms with Crippen LogP contribution in [-0.2, 0) is 0 Å². The third-order valence-corrected chi connectivity index (χ3v) is 3.91. The van der Waals surface area contributed by atoms with E-state index >= 15 is 0 Å². The Balaban J connectivity index is 2.10. The lowest BCUT2D eigenvalue weighted by Gasteiger charge is -2.43. The molecule has 0 aromatic carbocycles. The number of likely N-dealkylation sites (N-methyl/N-ethyl adjacent to an activating group) is 1. The molecule has 2 aliphatic rings. The predicted molar refractivity (Wildman–Crippen MR) is 59.2 cm³/mol. The van der Waals surface area contributed by atoms with Gasteiger partial charge in [-0.25, -0.2) is 0 Å². The summed E-state index contributed by atoms with van der Waals surface area (Å²) in [5.74, 6) is 1.66. The van der Waals surface area contributed by atoms with Gasteiger partial charge in [-0.2, -0.15) is 0 Å². The molecule has 0 amide bonds. The minimum atomic E-state index is 0.297. The highest BCUT2D eigenvalue weighted by molar-refractivity contribution is 5.81. The normalized spacial score (nSPS) is 37.7. The van der Waals surface area contributed by atoms with Crippen molar-refractivity contribution in [3.8, 4) is 0 Å². The van der Waals surface area contributed by atoms with Crippen LogP contribution in [0, 0.1) is 5.92 Å². The number of nitrogens with two attached hydrogens (primary N) is 1. The van der Waals surface area contributed by atoms with Gasteiger partial charge in [0.25, 0.3) is 0 Å². The predicted octanol–water partition coefficient (Wildman–Crippen LogP) is 1.59. The first-order valence-corrected chi connectivity index (χ1v) is 5.75. The van der Waals surface area contributed by atoms with Crippen LogP contribution in [0.2, 0.25) is 0 Å². The zero-order chi connectivity index (χ0) is 10.2. The summed E-state index contributed by atoms with van der Waals surface area (Å²) >= 11 is 0. The van der Waals surface area contributed by atoms with Crippen LogP contribution in [0.5, 0.6) is 0 Å². The molecule has 0 saturated heterocycles. The van der Waals surface area contributed by atoms with E-state index in [0.29, 0.717) is 5.54 Å². The average molecular weight is 195 g/mol. The van der Waals surface area contributed by atoms with Crippen LogP contribution in [0.3, 0.4) is 0 Å². The number of aliphatic imine (C=N–C) groups is 1. The van der Waals surface area contributed by atoms with Gasteiger partial charge < -0.3 is 10.6 Å². The van der Waals surface area contributed by atoms with E-state index in [1.54, 1.807) is 0 Å². The summed E-state index contributed by atoms with van der Waals surface area (Å²) < 4.78 is 0. The second-order valence-electron chi connectivity index (χ2n) is 4.83. The van der Waals surface area contributed by atoms with E-state index in [4.69, 9.17) is 5.73 Å². The molecule has 2 rings (SSSR count). The van der Waals surface area contributed by atoms with E-state index in [0.717, 1.165) is 25.0 Å². The Morgan fingerprint density at radius 2 is 2.14 bits per heavy atom. The lowest BCUT2D eigenvalue weighted by Crippen LogP contribution is -2.53. The molecule has 0 radical (unpaired) electrons. The second kappa shape index (κ2) is 3.44. The number of nitrogens with zero attached hydrogens (tertiary/aromatic N) is 2. The molecule has 1 spiro atoms. The van der Waals surface area contributed by atoms with Gasteiger partial charge in [0.05, 0.1) is 12.1 Å². The first-order valence-electron chi connectivity index (χ1n) is 5.75. The Labute approximate surface area is 86.4 Å². The number of hydrogen-bond donors (Lipinski definition) is 1. The van der Waals surface area contributed by atoms with E-state index < -0.39 is 0 Å². The molecule has 0 aromatic heterocycles. The molecule has 14 heavy (non-hydrogen) atoms. The molecule has 0 bridgehead atoms. The van der Waals surface area contributed by atoms with Crippen molar-refractivity contribution in [2.75, 3.05) is 13.1 Å². The molecule has 80 valence electrons. The minimum Gasteiger partial charge on any atom is -0.370 e. The van der Waals surface area contributed by atoms with Crippen LogP contribution in [0.25, 0.3) is 0 Å². The van der Waals surface area contributed by atoms with Crippen molar-refractivity contribution in [3.05, 3.63) is 0 Å². The summed E-state index contributed by atoms with van der Waals surface area (Å²) in [5.41, 5.74) is 6.20. The highest BCUT2D eigenvalue weighted by Crippen LogP contribution is 2.38. The molecule has 3 nitrogen and oxygen atoms in total. The van der Waals surface area contributed by atoms with E-state index in [2.05, 4.69) is 23.7 Å². The van der Waals surface area contributed by atoms with Crippen LogP contribution in [0.4, 0.5) is 0 Å². The first-order chi connectivity index (χ1) is 6.68. The molecule has 3 heteroatoms. The first kappa shape index (κ1) is 9.81. The summed E-state index contributed by atoms with van der Waals surface area (Å²) in [6.45, 7) is 6.46. The molecule has 1 heterocycles. The molecule has 0 atom stereocenters. The van der Waals surface area contributed by atoms with Crippen LogP contribution in [0.15, 0.2) is 4.99 Å². The fraction of sp³-hybridized carbons (Fsp3) is 0.909. The summed E-state index contributed by atoms with van der Waals surface area (Å²) in [4.78, 5) is 6.73. The van der Waals surface area contributed by atoms with Gasteiger partial charge in [-0.15, -0.1) is 0 Å². The fourth-order valence-electron chi connectivity index (χ4n) is 2.87. The topological polar surface area (TPSA) is 41.6 Å². The molecule has 0 unspecified atom stereocenters. The summed E-state index contributed by atoms with van der Waals surface area (Å²) in [6, 6.07) is 0. The average Bonchev–Trinajstić information content (AvgIpc) is 2.49. The standard InChI is InChI=1S/C11H21N3/c1-3-14-10(12)13-8-11(14)6-4-9(2)5-7-11/h9H,3-8H2,1-2H3,(H2,12,13). The summed E-state index contributed by atoms with van der Waals surface area (Å²) in [7, 11) is 0. The van der Waals surface area contributed by atoms with Crippen molar-refractivity contribution < 1.29 is 0 Å². The molecular weight excluding hydrogens is 174 g/mol. The van der Waals surface area contributed by atoms with Crippen molar-refractivity contribution in [2.24, 2.45) is 16.6 Å². The Kier molecular flexibility index (Phi) is 2.41. The van der Waals surface area contributed by atoms with Crippen molar-refractivity contribution >= 4 is 5.96 Å². The Morgan fingerprint density at radius 1 is 1.50 bits per heavy atom. The number of rotatable bonds is 1. The third-order valence-electron chi connectivity index (χ3n) is 3.91.